The van der Waals surface area contributed by atoms with Crippen molar-refractivity contribution < 1.29 is 17.2 Å². The van der Waals surface area contributed by atoms with Gasteiger partial charge in [0.25, 0.3) is 10.0 Å². The topological polar surface area (TPSA) is 52.0 Å². The van der Waals surface area contributed by atoms with Crippen molar-refractivity contribution in [2.24, 2.45) is 0 Å². The summed E-state index contributed by atoms with van der Waals surface area (Å²) in [6.07, 6.45) is 7.11. The van der Waals surface area contributed by atoms with Crippen LogP contribution in [0.5, 0.6) is 0 Å². The summed E-state index contributed by atoms with van der Waals surface area (Å²) in [6, 6.07) is 29.8. The van der Waals surface area contributed by atoms with Gasteiger partial charge in [0.2, 0.25) is 0 Å². The fraction of sp³-hybridized carbons (Fsp3) is 0. The van der Waals surface area contributed by atoms with Crippen LogP contribution in [0.1, 0.15) is 22.4 Å². The molecule has 2 aromatic heterocycles. The number of aromatic nitrogens is 2. The highest BCUT2D eigenvalue weighted by atomic mass is 32.2. The highest BCUT2D eigenvalue weighted by Gasteiger charge is 2.24. The molecule has 0 saturated heterocycles. The van der Waals surface area contributed by atoms with Gasteiger partial charge in [-0.25, -0.2) is 26.2 Å². The lowest BCUT2D eigenvalue weighted by atomic mass is 10.1. The minimum absolute atomic E-state index is 0.145. The summed E-state index contributed by atoms with van der Waals surface area (Å²) in [5.74, 6) is -0.665. The summed E-state index contributed by atoms with van der Waals surface area (Å²) in [5, 5.41) is 1.38. The number of hydrogen-bond acceptors (Lipinski definition) is 3. The molecule has 4 nitrogen and oxygen atoms in total. The summed E-state index contributed by atoms with van der Waals surface area (Å²) >= 11 is 0. The van der Waals surface area contributed by atoms with Gasteiger partial charge >= 0.3 is 0 Å². The molecule has 0 bridgehead atoms. The van der Waals surface area contributed by atoms with E-state index >= 15 is 0 Å². The van der Waals surface area contributed by atoms with Gasteiger partial charge in [0.05, 0.1) is 16.1 Å². The van der Waals surface area contributed by atoms with Gasteiger partial charge in [-0.1, -0.05) is 66.8 Å². The molecule has 196 valence electrons. The average molecular weight is 549 g/mol. The molecule has 0 aliphatic rings. The molecule has 7 heteroatoms. The molecular weight excluding hydrogens is 526 g/mol. The fourth-order valence-electron chi connectivity index (χ4n) is 4.62. The Hall–Kier alpha value is -4.88. The predicted molar refractivity (Wildman–Crippen MR) is 157 cm³/mol. The van der Waals surface area contributed by atoms with Gasteiger partial charge in [-0.2, -0.15) is 0 Å². The molecule has 0 atom stereocenters. The summed E-state index contributed by atoms with van der Waals surface area (Å²) < 4.78 is 56.3. The van der Waals surface area contributed by atoms with Crippen molar-refractivity contribution in [1.82, 2.24) is 8.96 Å². The monoisotopic (exact) mass is 548 g/mol. The quantitative estimate of drug-likeness (QED) is 0.198. The highest BCUT2D eigenvalue weighted by Crippen LogP contribution is 2.33. The number of rotatable bonds is 6. The summed E-state index contributed by atoms with van der Waals surface area (Å²) in [4.78, 5) is 4.86. The Labute approximate surface area is 230 Å². The van der Waals surface area contributed by atoms with E-state index in [4.69, 9.17) is 4.98 Å². The Bertz CT molecular complexity index is 2050. The molecule has 40 heavy (non-hydrogen) atoms. The molecule has 0 unspecified atom stereocenters. The van der Waals surface area contributed by atoms with Crippen LogP contribution in [0, 0.1) is 11.6 Å². The first kappa shape index (κ1) is 25.4. The Morgan fingerprint density at radius 3 is 1.88 bits per heavy atom. The summed E-state index contributed by atoms with van der Waals surface area (Å²) in [5.41, 5.74) is 3.49. The van der Waals surface area contributed by atoms with Crippen molar-refractivity contribution in [2.45, 2.75) is 4.90 Å². The van der Waals surface area contributed by atoms with Crippen LogP contribution >= 0.6 is 0 Å². The molecular formula is C33H22F2N2O2S. The fourth-order valence-corrected chi connectivity index (χ4v) is 6.12. The van der Waals surface area contributed by atoms with E-state index in [1.807, 2.05) is 24.3 Å². The number of fused-ring (bicyclic) bond motifs is 3. The van der Waals surface area contributed by atoms with Crippen LogP contribution in [-0.4, -0.2) is 17.4 Å². The number of hydrogen-bond donors (Lipinski definition) is 0. The molecule has 0 aliphatic heterocycles. The zero-order chi connectivity index (χ0) is 27.7. The zero-order valence-electron chi connectivity index (χ0n) is 21.1. The second kappa shape index (κ2) is 10.4. The van der Waals surface area contributed by atoms with Gasteiger partial charge < -0.3 is 0 Å². The van der Waals surface area contributed by atoms with Crippen LogP contribution in [-0.2, 0) is 10.0 Å². The van der Waals surface area contributed by atoms with Gasteiger partial charge in [-0.3, -0.25) is 0 Å². The molecule has 2 heterocycles. The summed E-state index contributed by atoms with van der Waals surface area (Å²) in [7, 11) is -3.99. The van der Waals surface area contributed by atoms with Crippen molar-refractivity contribution in [3.63, 3.8) is 0 Å². The standard InChI is InChI=1S/C33H22F2N2O2S/c34-26-8-4-6-23(20-26)12-13-25-15-19-32-31(22-25)30-18-17-28(16-14-24-7-5-9-27(35)21-24)36-33(30)37(32)40(38,39)29-10-2-1-3-11-29/h1-22H. The average Bonchev–Trinajstić information content (AvgIpc) is 3.29. The first-order chi connectivity index (χ1) is 19.4. The summed E-state index contributed by atoms with van der Waals surface area (Å²) in [6.45, 7) is 0. The molecule has 0 aliphatic carbocycles. The molecule has 6 aromatic rings. The van der Waals surface area contributed by atoms with E-state index in [0.29, 0.717) is 33.1 Å². The smallest absolute Gasteiger partial charge is 0.229 e. The Morgan fingerprint density at radius 2 is 1.23 bits per heavy atom. The molecule has 4 aromatic carbocycles. The highest BCUT2D eigenvalue weighted by molar-refractivity contribution is 7.90. The van der Waals surface area contributed by atoms with E-state index in [9.17, 15) is 17.2 Å². The lowest BCUT2D eigenvalue weighted by Crippen LogP contribution is -2.13. The SMILES string of the molecule is O=S(=O)(c1ccccc1)n1c2ccc(C=Cc3cccc(F)c3)cc2c2ccc(C=Cc3cccc(F)c3)nc21. The van der Waals surface area contributed by atoms with E-state index < -0.39 is 10.0 Å². The van der Waals surface area contributed by atoms with Gasteiger partial charge in [0, 0.05) is 10.8 Å². The van der Waals surface area contributed by atoms with E-state index in [1.54, 1.807) is 85.0 Å². The molecule has 0 fully saturated rings. The van der Waals surface area contributed by atoms with Gasteiger partial charge in [0.15, 0.2) is 5.65 Å². The Morgan fingerprint density at radius 1 is 0.600 bits per heavy atom. The molecule has 0 saturated carbocycles. The number of halogens is 2. The normalized spacial score (nSPS) is 12.2. The van der Waals surface area contributed by atoms with Gasteiger partial charge in [-0.15, -0.1) is 0 Å². The van der Waals surface area contributed by atoms with Crippen molar-refractivity contribution in [3.8, 4) is 0 Å². The molecule has 0 N–H and O–H groups in total. The third-order valence-corrected chi connectivity index (χ3v) is 8.23. The van der Waals surface area contributed by atoms with Crippen molar-refractivity contribution in [3.05, 3.63) is 143 Å². The maximum Gasteiger partial charge on any atom is 0.269 e. The van der Waals surface area contributed by atoms with Crippen molar-refractivity contribution >= 4 is 56.3 Å². The first-order valence-corrected chi connectivity index (χ1v) is 14.0. The third kappa shape index (κ3) is 4.95. The van der Waals surface area contributed by atoms with Gasteiger partial charge in [0.1, 0.15) is 11.6 Å². The lowest BCUT2D eigenvalue weighted by Gasteiger charge is -2.09. The maximum absolute atomic E-state index is 13.9. The Balaban J connectivity index is 1.52. The van der Waals surface area contributed by atoms with Crippen LogP contribution in [0.3, 0.4) is 0 Å². The van der Waals surface area contributed by atoms with Gasteiger partial charge in [-0.05, 0) is 83.4 Å². The largest absolute Gasteiger partial charge is 0.269 e. The van der Waals surface area contributed by atoms with E-state index in [-0.39, 0.29) is 22.2 Å². The second-order valence-electron chi connectivity index (χ2n) is 9.24. The Kier molecular flexibility index (Phi) is 6.58. The van der Waals surface area contributed by atoms with Crippen LogP contribution in [0.15, 0.2) is 114 Å². The third-order valence-electron chi connectivity index (χ3n) is 6.51. The maximum atomic E-state index is 13.9. The number of nitrogens with zero attached hydrogens (tertiary/aromatic N) is 2. The predicted octanol–water partition coefficient (Wildman–Crippen LogP) is 8.05. The van der Waals surface area contributed by atoms with Crippen LogP contribution < -0.4 is 0 Å². The zero-order valence-corrected chi connectivity index (χ0v) is 21.9. The van der Waals surface area contributed by atoms with E-state index in [1.165, 1.54) is 28.2 Å². The lowest BCUT2D eigenvalue weighted by molar-refractivity contribution is 0.590. The number of pyridine rings is 1. The second-order valence-corrected chi connectivity index (χ2v) is 11.0. The molecule has 6 rings (SSSR count). The molecule has 0 amide bonds. The minimum Gasteiger partial charge on any atom is -0.229 e. The number of benzene rings is 4. The van der Waals surface area contributed by atoms with Crippen LogP contribution in [0.25, 0.3) is 46.2 Å². The van der Waals surface area contributed by atoms with Crippen LogP contribution in [0.2, 0.25) is 0 Å². The van der Waals surface area contributed by atoms with E-state index in [0.717, 1.165) is 5.56 Å². The van der Waals surface area contributed by atoms with Crippen LogP contribution in [0.4, 0.5) is 8.78 Å². The molecule has 0 radical (unpaired) electrons. The van der Waals surface area contributed by atoms with Crippen molar-refractivity contribution in [2.75, 3.05) is 0 Å². The van der Waals surface area contributed by atoms with E-state index in [2.05, 4.69) is 0 Å². The first-order valence-electron chi connectivity index (χ1n) is 12.5. The molecule has 0 spiro atoms. The minimum atomic E-state index is -3.99. The van der Waals surface area contributed by atoms with Crippen molar-refractivity contribution in [1.29, 1.82) is 0 Å².